The minimum atomic E-state index is -1.66. The van der Waals surface area contributed by atoms with Crippen molar-refractivity contribution in [3.05, 3.63) is 35.4 Å². The van der Waals surface area contributed by atoms with Crippen LogP contribution in [0.5, 0.6) is 0 Å². The molecule has 1 heterocycles. The Kier molecular flexibility index (Phi) is 2.92. The summed E-state index contributed by atoms with van der Waals surface area (Å²) in [4.78, 5) is 36.8. The van der Waals surface area contributed by atoms with E-state index in [9.17, 15) is 19.5 Å². The van der Waals surface area contributed by atoms with Gasteiger partial charge in [0.1, 0.15) is 0 Å². The number of carbonyl (C=O) groups is 3. The fraction of sp³-hybridized carbons (Fsp3) is 0.357. The highest BCUT2D eigenvalue weighted by Gasteiger charge is 2.48. The van der Waals surface area contributed by atoms with Crippen molar-refractivity contribution in [2.24, 2.45) is 5.92 Å². The average Bonchev–Trinajstić information content (AvgIpc) is 2.61. The van der Waals surface area contributed by atoms with Gasteiger partial charge in [-0.1, -0.05) is 26.0 Å². The van der Waals surface area contributed by atoms with Crippen molar-refractivity contribution in [1.82, 2.24) is 4.90 Å². The number of amides is 2. The van der Waals surface area contributed by atoms with Gasteiger partial charge in [0.2, 0.25) is 0 Å². The molecule has 1 aromatic rings. The van der Waals surface area contributed by atoms with Gasteiger partial charge in [-0.15, -0.1) is 0 Å². The lowest BCUT2D eigenvalue weighted by molar-refractivity contribution is -0.318. The number of nitrogens with zero attached hydrogens (tertiary/aromatic N) is 1. The van der Waals surface area contributed by atoms with Gasteiger partial charge < -0.3 is 9.90 Å². The van der Waals surface area contributed by atoms with Gasteiger partial charge >= 0.3 is 0 Å². The predicted molar refractivity (Wildman–Crippen MR) is 65.2 cm³/mol. The van der Waals surface area contributed by atoms with Gasteiger partial charge in [-0.3, -0.25) is 14.5 Å². The number of fused-ring (bicyclic) bond motifs is 1. The van der Waals surface area contributed by atoms with Gasteiger partial charge in [-0.2, -0.15) is 0 Å². The molecule has 2 rings (SSSR count). The summed E-state index contributed by atoms with van der Waals surface area (Å²) in [6.07, 6.45) is 0. The van der Waals surface area contributed by atoms with E-state index in [-0.39, 0.29) is 11.1 Å². The first-order valence-corrected chi connectivity index (χ1v) is 6.01. The van der Waals surface area contributed by atoms with E-state index in [1.165, 1.54) is 19.1 Å². The summed E-state index contributed by atoms with van der Waals surface area (Å²) in [7, 11) is 0. The second kappa shape index (κ2) is 4.19. The smallest absolute Gasteiger partial charge is 0.262 e. The Morgan fingerprint density at radius 2 is 1.58 bits per heavy atom. The molecule has 100 valence electrons. The zero-order valence-electron chi connectivity index (χ0n) is 11.0. The number of imide groups is 1. The largest absolute Gasteiger partial charge is 0.548 e. The number of carboxylic acids is 1. The second-order valence-corrected chi connectivity index (χ2v) is 5.08. The number of carboxylic acid groups (broad SMARTS) is 1. The highest BCUT2D eigenvalue weighted by Crippen LogP contribution is 2.33. The maximum atomic E-state index is 12.3. The summed E-state index contributed by atoms with van der Waals surface area (Å²) in [6, 6.07) is 6.32. The number of benzene rings is 1. The van der Waals surface area contributed by atoms with Crippen LogP contribution in [-0.4, -0.2) is 28.2 Å². The summed E-state index contributed by atoms with van der Waals surface area (Å²) in [6.45, 7) is 4.62. The van der Waals surface area contributed by atoms with Crippen molar-refractivity contribution in [2.75, 3.05) is 0 Å². The number of hydrogen-bond donors (Lipinski definition) is 0. The van der Waals surface area contributed by atoms with Crippen molar-refractivity contribution in [3.8, 4) is 0 Å². The third kappa shape index (κ3) is 1.65. The lowest BCUT2D eigenvalue weighted by Gasteiger charge is -2.41. The van der Waals surface area contributed by atoms with Crippen LogP contribution >= 0.6 is 0 Å². The molecule has 0 saturated carbocycles. The van der Waals surface area contributed by atoms with E-state index in [1.54, 1.807) is 26.0 Å². The van der Waals surface area contributed by atoms with E-state index < -0.39 is 29.2 Å². The Balaban J connectivity index is 2.58. The first kappa shape index (κ1) is 13.3. The summed E-state index contributed by atoms with van der Waals surface area (Å²) in [5.41, 5.74) is -1.19. The normalized spacial score (nSPS) is 17.6. The van der Waals surface area contributed by atoms with Gasteiger partial charge in [0.15, 0.2) is 0 Å². The molecule has 0 spiro atoms. The minimum absolute atomic E-state index is 0.237. The van der Waals surface area contributed by atoms with Crippen LogP contribution in [0.15, 0.2) is 24.3 Å². The van der Waals surface area contributed by atoms with Crippen LogP contribution in [0, 0.1) is 5.92 Å². The standard InChI is InChI=1S/C14H15NO4/c1-8(2)14(3,13(18)19)15-11(16)9-6-4-5-7-10(9)12(15)17/h4-8H,1-3H3,(H,18,19)/p-1/t14-/m1/s1. The Morgan fingerprint density at radius 3 is 1.89 bits per heavy atom. The Hall–Kier alpha value is -2.17. The molecule has 1 atom stereocenters. The number of carbonyl (C=O) groups excluding carboxylic acids is 3. The zero-order chi connectivity index (χ0) is 14.4. The fourth-order valence-corrected chi connectivity index (χ4v) is 2.20. The summed E-state index contributed by atoms with van der Waals surface area (Å²) < 4.78 is 0. The molecular formula is C14H14NO4-. The Morgan fingerprint density at radius 1 is 1.16 bits per heavy atom. The van der Waals surface area contributed by atoms with Gasteiger partial charge in [0.25, 0.3) is 11.8 Å². The van der Waals surface area contributed by atoms with Crippen LogP contribution in [0.2, 0.25) is 0 Å². The maximum absolute atomic E-state index is 12.3. The molecule has 0 aromatic heterocycles. The van der Waals surface area contributed by atoms with E-state index in [0.29, 0.717) is 0 Å². The van der Waals surface area contributed by atoms with Crippen LogP contribution in [0.3, 0.4) is 0 Å². The molecule has 1 aliphatic rings. The second-order valence-electron chi connectivity index (χ2n) is 5.08. The van der Waals surface area contributed by atoms with E-state index in [0.717, 1.165) is 4.90 Å². The highest BCUT2D eigenvalue weighted by molar-refractivity contribution is 6.23. The molecule has 19 heavy (non-hydrogen) atoms. The van der Waals surface area contributed by atoms with E-state index >= 15 is 0 Å². The SMILES string of the molecule is CC(C)[C@](C)(C(=O)[O-])N1C(=O)c2ccccc2C1=O. The first-order chi connectivity index (χ1) is 8.81. The molecule has 5 heteroatoms. The quantitative estimate of drug-likeness (QED) is 0.739. The van der Waals surface area contributed by atoms with Crippen molar-refractivity contribution in [3.63, 3.8) is 0 Å². The highest BCUT2D eigenvalue weighted by atomic mass is 16.4. The topological polar surface area (TPSA) is 77.5 Å². The Bertz CT molecular complexity index is 544. The van der Waals surface area contributed by atoms with Crippen LogP contribution in [0.25, 0.3) is 0 Å². The lowest BCUT2D eigenvalue weighted by atomic mass is 9.86. The van der Waals surface area contributed by atoms with Crippen LogP contribution < -0.4 is 5.11 Å². The summed E-state index contributed by atoms with van der Waals surface area (Å²) in [5, 5.41) is 11.4. The number of hydrogen-bond acceptors (Lipinski definition) is 4. The molecule has 0 N–H and O–H groups in total. The Labute approximate surface area is 110 Å². The molecule has 0 aliphatic carbocycles. The van der Waals surface area contributed by atoms with E-state index in [4.69, 9.17) is 0 Å². The van der Waals surface area contributed by atoms with Gasteiger partial charge in [0.05, 0.1) is 22.6 Å². The first-order valence-electron chi connectivity index (χ1n) is 6.01. The van der Waals surface area contributed by atoms with Crippen molar-refractivity contribution < 1.29 is 19.5 Å². The molecule has 1 aromatic carbocycles. The molecule has 1 aliphatic heterocycles. The molecule has 0 saturated heterocycles. The lowest BCUT2D eigenvalue weighted by Crippen LogP contribution is -2.63. The molecular weight excluding hydrogens is 246 g/mol. The molecule has 0 radical (unpaired) electrons. The van der Waals surface area contributed by atoms with Gasteiger partial charge in [0, 0.05) is 0 Å². The average molecular weight is 260 g/mol. The van der Waals surface area contributed by atoms with Crippen molar-refractivity contribution in [2.45, 2.75) is 26.3 Å². The number of rotatable bonds is 3. The monoisotopic (exact) mass is 260 g/mol. The third-order valence-corrected chi connectivity index (χ3v) is 3.80. The fourth-order valence-electron chi connectivity index (χ4n) is 2.20. The van der Waals surface area contributed by atoms with Crippen LogP contribution in [-0.2, 0) is 4.79 Å². The summed E-state index contributed by atoms with van der Waals surface area (Å²) >= 11 is 0. The van der Waals surface area contributed by atoms with Crippen molar-refractivity contribution >= 4 is 17.8 Å². The van der Waals surface area contributed by atoms with Crippen LogP contribution in [0.1, 0.15) is 41.5 Å². The maximum Gasteiger partial charge on any atom is 0.262 e. The molecule has 2 amide bonds. The van der Waals surface area contributed by atoms with E-state index in [1.807, 2.05) is 0 Å². The third-order valence-electron chi connectivity index (χ3n) is 3.80. The molecule has 0 bridgehead atoms. The predicted octanol–water partition coefficient (Wildman–Crippen LogP) is 0.447. The van der Waals surface area contributed by atoms with Gasteiger partial charge in [-0.05, 0) is 25.0 Å². The zero-order valence-corrected chi connectivity index (χ0v) is 11.0. The van der Waals surface area contributed by atoms with Crippen LogP contribution in [0.4, 0.5) is 0 Å². The number of aliphatic carboxylic acids is 1. The molecule has 0 fully saturated rings. The minimum Gasteiger partial charge on any atom is -0.548 e. The van der Waals surface area contributed by atoms with E-state index in [2.05, 4.69) is 0 Å². The van der Waals surface area contributed by atoms with Gasteiger partial charge in [-0.25, -0.2) is 0 Å². The molecule has 0 unspecified atom stereocenters. The summed E-state index contributed by atoms with van der Waals surface area (Å²) in [5.74, 6) is -3.06. The molecule has 5 nitrogen and oxygen atoms in total. The van der Waals surface area contributed by atoms with Crippen molar-refractivity contribution in [1.29, 1.82) is 0 Å².